The van der Waals surface area contributed by atoms with Crippen molar-refractivity contribution in [3.63, 3.8) is 0 Å². The lowest BCUT2D eigenvalue weighted by atomic mass is 10.1. The molecule has 0 saturated carbocycles. The summed E-state index contributed by atoms with van der Waals surface area (Å²) in [7, 11) is 1.71. The summed E-state index contributed by atoms with van der Waals surface area (Å²) in [5.74, 6) is -0.252. The second-order valence-electron chi connectivity index (χ2n) is 4.52. The summed E-state index contributed by atoms with van der Waals surface area (Å²) in [6.07, 6.45) is 0.664. The zero-order valence-electron chi connectivity index (χ0n) is 11.4. The average Bonchev–Trinajstić information content (AvgIpc) is 2.40. The van der Waals surface area contributed by atoms with Gasteiger partial charge >= 0.3 is 0 Å². The molecule has 19 heavy (non-hydrogen) atoms. The molecule has 4 nitrogen and oxygen atoms in total. The van der Waals surface area contributed by atoms with Crippen LogP contribution in [0.1, 0.15) is 13.3 Å². The third-order valence-corrected chi connectivity index (χ3v) is 2.92. The van der Waals surface area contributed by atoms with Gasteiger partial charge in [-0.1, -0.05) is 19.1 Å². The Labute approximate surface area is 113 Å². The quantitative estimate of drug-likeness (QED) is 0.818. The standard InChI is InChI=1S/C14H21FN2O2/c1-11(7-8-16)14(18)17(2)9-10-19-13-6-4-3-5-12(13)15/h3-6,11H,7-10,16H2,1-2H3. The lowest BCUT2D eigenvalue weighted by Gasteiger charge is -2.21. The normalized spacial score (nSPS) is 12.0. The number of ether oxygens (including phenoxy) is 1. The predicted octanol–water partition coefficient (Wildman–Crippen LogP) is 1.65. The van der Waals surface area contributed by atoms with Gasteiger partial charge in [-0.05, 0) is 25.1 Å². The van der Waals surface area contributed by atoms with E-state index in [1.807, 2.05) is 6.92 Å². The number of nitrogens with two attached hydrogens (primary N) is 1. The first-order valence-electron chi connectivity index (χ1n) is 6.38. The summed E-state index contributed by atoms with van der Waals surface area (Å²) >= 11 is 0. The van der Waals surface area contributed by atoms with Gasteiger partial charge in [0.15, 0.2) is 11.6 Å². The van der Waals surface area contributed by atoms with Crippen LogP contribution in [0.2, 0.25) is 0 Å². The van der Waals surface area contributed by atoms with E-state index in [1.54, 1.807) is 30.1 Å². The van der Waals surface area contributed by atoms with Crippen LogP contribution in [0.25, 0.3) is 0 Å². The molecule has 2 N–H and O–H groups in total. The number of para-hydroxylation sites is 1. The molecule has 1 unspecified atom stereocenters. The van der Waals surface area contributed by atoms with E-state index in [4.69, 9.17) is 10.5 Å². The topological polar surface area (TPSA) is 55.6 Å². The first-order valence-corrected chi connectivity index (χ1v) is 6.38. The van der Waals surface area contributed by atoms with Gasteiger partial charge in [0, 0.05) is 13.0 Å². The Balaban J connectivity index is 2.37. The van der Waals surface area contributed by atoms with Crippen LogP contribution in [0, 0.1) is 11.7 Å². The number of amides is 1. The second-order valence-corrected chi connectivity index (χ2v) is 4.52. The van der Waals surface area contributed by atoms with Crippen LogP contribution in [0.15, 0.2) is 24.3 Å². The maximum Gasteiger partial charge on any atom is 0.225 e. The van der Waals surface area contributed by atoms with E-state index in [1.165, 1.54) is 6.07 Å². The van der Waals surface area contributed by atoms with Crippen molar-refractivity contribution in [2.24, 2.45) is 11.7 Å². The molecule has 1 aromatic carbocycles. The van der Waals surface area contributed by atoms with Gasteiger partial charge in [0.1, 0.15) is 6.61 Å². The highest BCUT2D eigenvalue weighted by Gasteiger charge is 2.16. The summed E-state index contributed by atoms with van der Waals surface area (Å²) in [6, 6.07) is 6.21. The van der Waals surface area contributed by atoms with Gasteiger partial charge in [-0.3, -0.25) is 4.79 Å². The molecule has 0 aliphatic heterocycles. The smallest absolute Gasteiger partial charge is 0.225 e. The third kappa shape index (κ3) is 4.87. The molecule has 0 fully saturated rings. The van der Waals surface area contributed by atoms with Gasteiger partial charge in [-0.25, -0.2) is 4.39 Å². The van der Waals surface area contributed by atoms with Crippen molar-refractivity contribution in [3.05, 3.63) is 30.1 Å². The predicted molar refractivity (Wildman–Crippen MR) is 72.4 cm³/mol. The molecule has 1 atom stereocenters. The van der Waals surface area contributed by atoms with Gasteiger partial charge in [0.05, 0.1) is 6.54 Å². The number of nitrogens with zero attached hydrogens (tertiary/aromatic N) is 1. The van der Waals surface area contributed by atoms with Gasteiger partial charge < -0.3 is 15.4 Å². The number of halogens is 1. The molecule has 5 heteroatoms. The summed E-state index contributed by atoms with van der Waals surface area (Å²) in [5.41, 5.74) is 5.42. The fraction of sp³-hybridized carbons (Fsp3) is 0.500. The van der Waals surface area contributed by atoms with Crippen LogP contribution < -0.4 is 10.5 Å². The molecular formula is C14H21FN2O2. The molecular weight excluding hydrogens is 247 g/mol. The van der Waals surface area contributed by atoms with Crippen LogP contribution >= 0.6 is 0 Å². The van der Waals surface area contributed by atoms with Gasteiger partial charge in [-0.2, -0.15) is 0 Å². The first-order chi connectivity index (χ1) is 9.06. The first kappa shape index (κ1) is 15.4. The molecule has 1 aromatic rings. The van der Waals surface area contributed by atoms with Crippen molar-refractivity contribution < 1.29 is 13.9 Å². The minimum atomic E-state index is -0.395. The Morgan fingerprint density at radius 1 is 1.47 bits per heavy atom. The number of hydrogen-bond donors (Lipinski definition) is 1. The van der Waals surface area contributed by atoms with Gasteiger partial charge in [0.25, 0.3) is 0 Å². The summed E-state index contributed by atoms with van der Waals surface area (Å²) in [6.45, 7) is 3.02. The highest BCUT2D eigenvalue weighted by molar-refractivity contribution is 5.78. The minimum Gasteiger partial charge on any atom is -0.489 e. The Bertz CT molecular complexity index is 412. The van der Waals surface area contributed by atoms with Crippen molar-refractivity contribution >= 4 is 5.91 Å². The van der Waals surface area contributed by atoms with Gasteiger partial charge in [0.2, 0.25) is 5.91 Å². The van der Waals surface area contributed by atoms with E-state index in [0.29, 0.717) is 19.5 Å². The van der Waals surface area contributed by atoms with Crippen molar-refractivity contribution in [2.75, 3.05) is 26.7 Å². The summed E-state index contributed by atoms with van der Waals surface area (Å²) in [5, 5.41) is 0. The van der Waals surface area contributed by atoms with Gasteiger partial charge in [-0.15, -0.1) is 0 Å². The lowest BCUT2D eigenvalue weighted by molar-refractivity contribution is -0.134. The van der Waals surface area contributed by atoms with Crippen LogP contribution in [-0.2, 0) is 4.79 Å². The van der Waals surface area contributed by atoms with E-state index >= 15 is 0 Å². The molecule has 0 radical (unpaired) electrons. The highest BCUT2D eigenvalue weighted by atomic mass is 19.1. The fourth-order valence-electron chi connectivity index (χ4n) is 1.71. The van der Waals surface area contributed by atoms with Crippen molar-refractivity contribution in [1.82, 2.24) is 4.90 Å². The molecule has 0 aliphatic carbocycles. The molecule has 0 spiro atoms. The largest absolute Gasteiger partial charge is 0.489 e. The lowest BCUT2D eigenvalue weighted by Crippen LogP contribution is -2.35. The number of rotatable bonds is 7. The van der Waals surface area contributed by atoms with E-state index in [0.717, 1.165) is 0 Å². The van der Waals surface area contributed by atoms with Crippen molar-refractivity contribution in [1.29, 1.82) is 0 Å². The molecule has 106 valence electrons. The van der Waals surface area contributed by atoms with Crippen molar-refractivity contribution in [3.8, 4) is 5.75 Å². The average molecular weight is 268 g/mol. The summed E-state index contributed by atoms with van der Waals surface area (Å²) < 4.78 is 18.6. The molecule has 0 aromatic heterocycles. The maximum atomic E-state index is 13.3. The third-order valence-electron chi connectivity index (χ3n) is 2.92. The SMILES string of the molecule is CC(CCN)C(=O)N(C)CCOc1ccccc1F. The number of likely N-dealkylation sites (N-methyl/N-ethyl adjacent to an activating group) is 1. The molecule has 1 rings (SSSR count). The maximum absolute atomic E-state index is 13.3. The molecule has 0 heterocycles. The molecule has 0 saturated heterocycles. The monoisotopic (exact) mass is 268 g/mol. The van der Waals surface area contributed by atoms with Crippen LogP contribution in [0.4, 0.5) is 4.39 Å². The van der Waals surface area contributed by atoms with Crippen LogP contribution in [-0.4, -0.2) is 37.6 Å². The zero-order valence-corrected chi connectivity index (χ0v) is 11.4. The zero-order chi connectivity index (χ0) is 14.3. The summed E-state index contributed by atoms with van der Waals surface area (Å²) in [4.78, 5) is 13.5. The number of benzene rings is 1. The van der Waals surface area contributed by atoms with Crippen LogP contribution in [0.5, 0.6) is 5.75 Å². The molecule has 0 bridgehead atoms. The van der Waals surface area contributed by atoms with Crippen LogP contribution in [0.3, 0.4) is 0 Å². The van der Waals surface area contributed by atoms with E-state index in [2.05, 4.69) is 0 Å². The number of hydrogen-bond acceptors (Lipinski definition) is 3. The second kappa shape index (κ2) is 7.74. The van der Waals surface area contributed by atoms with E-state index in [9.17, 15) is 9.18 Å². The van der Waals surface area contributed by atoms with E-state index < -0.39 is 5.82 Å². The number of carbonyl (C=O) groups excluding carboxylic acids is 1. The fourth-order valence-corrected chi connectivity index (χ4v) is 1.71. The molecule has 0 aliphatic rings. The highest BCUT2D eigenvalue weighted by Crippen LogP contribution is 2.15. The van der Waals surface area contributed by atoms with Crippen molar-refractivity contribution in [2.45, 2.75) is 13.3 Å². The minimum absolute atomic E-state index is 0.0302. The Kier molecular flexibility index (Phi) is 6.29. The molecule has 1 amide bonds. The Hall–Kier alpha value is -1.62. The Morgan fingerprint density at radius 3 is 2.79 bits per heavy atom. The number of carbonyl (C=O) groups is 1. The Morgan fingerprint density at radius 2 is 2.16 bits per heavy atom. The van der Waals surface area contributed by atoms with E-state index in [-0.39, 0.29) is 24.2 Å².